The van der Waals surface area contributed by atoms with E-state index in [9.17, 15) is 31.1 Å². The molecule has 5 nitrogen and oxygen atoms in total. The predicted molar refractivity (Wildman–Crippen MR) is 115 cm³/mol. The number of methoxy groups -OCH3 is 1. The molecule has 2 aromatic heterocycles. The molecule has 1 atom stereocenters. The van der Waals surface area contributed by atoms with Crippen LogP contribution in [0, 0.1) is 0 Å². The summed E-state index contributed by atoms with van der Waals surface area (Å²) in [5.74, 6) is -0.562. The van der Waals surface area contributed by atoms with Gasteiger partial charge in [-0.15, -0.1) is 0 Å². The fourth-order valence-electron chi connectivity index (χ4n) is 3.76. The van der Waals surface area contributed by atoms with Crippen LogP contribution in [0.4, 0.5) is 26.3 Å². The topological polar surface area (TPSA) is 52.3 Å². The summed E-state index contributed by atoms with van der Waals surface area (Å²) in [4.78, 5) is 16.7. The Kier molecular flexibility index (Phi) is 6.08. The van der Waals surface area contributed by atoms with E-state index in [1.54, 1.807) is 28.8 Å². The molecule has 1 unspecified atom stereocenters. The molecule has 3 aromatic rings. The van der Waals surface area contributed by atoms with Gasteiger partial charge in [-0.25, -0.2) is 4.79 Å². The van der Waals surface area contributed by atoms with E-state index in [-0.39, 0.29) is 11.3 Å². The van der Waals surface area contributed by atoms with Gasteiger partial charge in [0.15, 0.2) is 0 Å². The van der Waals surface area contributed by atoms with Gasteiger partial charge in [-0.2, -0.15) is 26.3 Å². The van der Waals surface area contributed by atoms with Crippen LogP contribution in [0.25, 0.3) is 11.6 Å². The van der Waals surface area contributed by atoms with Crippen molar-refractivity contribution < 1.29 is 40.7 Å². The van der Waals surface area contributed by atoms with Gasteiger partial charge in [0.1, 0.15) is 0 Å². The number of halogens is 7. The lowest BCUT2D eigenvalue weighted by atomic mass is 9.87. The van der Waals surface area contributed by atoms with Crippen LogP contribution < -0.4 is 0 Å². The number of ether oxygens (including phenoxy) is 1. The van der Waals surface area contributed by atoms with E-state index in [0.717, 1.165) is 6.07 Å². The van der Waals surface area contributed by atoms with Gasteiger partial charge < -0.3 is 14.0 Å². The average molecular weight is 517 g/mol. The molecule has 1 aliphatic heterocycles. The number of alkyl halides is 6. The summed E-state index contributed by atoms with van der Waals surface area (Å²) in [5, 5.41) is 2.98. The Hall–Kier alpha value is -3.47. The third kappa shape index (κ3) is 4.47. The number of carbonyl (C=O) groups is 1. The molecular formula is C23H15ClF6N2O3. The summed E-state index contributed by atoms with van der Waals surface area (Å²) in [6.07, 6.45) is -6.54. The molecule has 1 aliphatic rings. The van der Waals surface area contributed by atoms with Crippen molar-refractivity contribution in [2.75, 3.05) is 7.11 Å². The zero-order valence-corrected chi connectivity index (χ0v) is 18.5. The molecule has 0 saturated carbocycles. The molecule has 184 valence electrons. The summed E-state index contributed by atoms with van der Waals surface area (Å²) in [6.45, 7) is 0. The summed E-state index contributed by atoms with van der Waals surface area (Å²) in [5.41, 5.74) is -4.17. The molecule has 1 aromatic carbocycles. The second-order valence-corrected chi connectivity index (χ2v) is 8.10. The van der Waals surface area contributed by atoms with Crippen LogP contribution >= 0.6 is 11.6 Å². The van der Waals surface area contributed by atoms with Crippen molar-refractivity contribution in [1.29, 1.82) is 0 Å². The highest BCUT2D eigenvalue weighted by atomic mass is 35.5. The molecule has 0 aliphatic carbocycles. The molecule has 35 heavy (non-hydrogen) atoms. The zero-order valence-electron chi connectivity index (χ0n) is 17.7. The molecule has 0 fully saturated rings. The highest BCUT2D eigenvalue weighted by Gasteiger charge is 2.62. The second kappa shape index (κ2) is 8.63. The van der Waals surface area contributed by atoms with Crippen LogP contribution in [0.3, 0.4) is 0 Å². The fourth-order valence-corrected chi connectivity index (χ4v) is 4.00. The first-order valence-electron chi connectivity index (χ1n) is 9.92. The van der Waals surface area contributed by atoms with Crippen molar-refractivity contribution in [1.82, 2.24) is 4.40 Å². The zero-order chi connectivity index (χ0) is 25.6. The third-order valence-corrected chi connectivity index (χ3v) is 5.69. The SMILES string of the molecule is COC(=O)c1ccc(/C=C/C2=NOC(c3cc(Cl)cc(C(F)(F)F)c3)(C(F)(F)F)C2)n2cccc12. The highest BCUT2D eigenvalue weighted by Crippen LogP contribution is 2.49. The van der Waals surface area contributed by atoms with Crippen molar-refractivity contribution in [3.63, 3.8) is 0 Å². The maximum Gasteiger partial charge on any atom is 0.435 e. The lowest BCUT2D eigenvalue weighted by molar-refractivity contribution is -0.276. The summed E-state index contributed by atoms with van der Waals surface area (Å²) < 4.78 is 88.3. The maximum absolute atomic E-state index is 14.1. The molecule has 0 spiro atoms. The number of benzene rings is 1. The largest absolute Gasteiger partial charge is 0.465 e. The number of hydrogen-bond acceptors (Lipinski definition) is 4. The van der Waals surface area contributed by atoms with Crippen molar-refractivity contribution in [2.45, 2.75) is 24.4 Å². The summed E-state index contributed by atoms with van der Waals surface area (Å²) >= 11 is 5.70. The molecular weight excluding hydrogens is 502 g/mol. The monoisotopic (exact) mass is 516 g/mol. The van der Waals surface area contributed by atoms with Crippen molar-refractivity contribution >= 4 is 34.9 Å². The molecule has 0 amide bonds. The predicted octanol–water partition coefficient (Wildman–Crippen LogP) is 6.65. The molecule has 0 radical (unpaired) electrons. The van der Waals surface area contributed by atoms with Crippen molar-refractivity contribution in [3.05, 3.63) is 82.1 Å². The molecule has 12 heteroatoms. The first-order valence-corrected chi connectivity index (χ1v) is 10.3. The van der Waals surface area contributed by atoms with Gasteiger partial charge >= 0.3 is 18.3 Å². The van der Waals surface area contributed by atoms with Gasteiger partial charge in [-0.05, 0) is 54.6 Å². The highest BCUT2D eigenvalue weighted by molar-refractivity contribution is 6.30. The van der Waals surface area contributed by atoms with Crippen LogP contribution in [0.1, 0.15) is 33.6 Å². The number of pyridine rings is 1. The molecule has 4 rings (SSSR count). The summed E-state index contributed by atoms with van der Waals surface area (Å²) in [6, 6.07) is 8.05. The van der Waals surface area contributed by atoms with Gasteiger partial charge in [0.2, 0.25) is 0 Å². The number of allylic oxidation sites excluding steroid dienone is 1. The number of fused-ring (bicyclic) bond motifs is 1. The lowest BCUT2D eigenvalue weighted by Crippen LogP contribution is -2.42. The van der Waals surface area contributed by atoms with Crippen LogP contribution in [0.2, 0.25) is 5.02 Å². The van der Waals surface area contributed by atoms with Crippen LogP contribution in [-0.4, -0.2) is 29.4 Å². The minimum absolute atomic E-state index is 0.159. The van der Waals surface area contributed by atoms with Crippen LogP contribution in [0.5, 0.6) is 0 Å². The van der Waals surface area contributed by atoms with Gasteiger partial charge in [0.05, 0.1) is 29.5 Å². The lowest BCUT2D eigenvalue weighted by Gasteiger charge is -2.30. The van der Waals surface area contributed by atoms with E-state index in [0.29, 0.717) is 23.3 Å². The van der Waals surface area contributed by atoms with E-state index < -0.39 is 46.5 Å². The number of aromatic nitrogens is 1. The fraction of sp³-hybridized carbons (Fsp3) is 0.217. The third-order valence-electron chi connectivity index (χ3n) is 5.47. The number of nitrogens with zero attached hydrogens (tertiary/aromatic N) is 2. The van der Waals surface area contributed by atoms with Crippen molar-refractivity contribution in [3.8, 4) is 0 Å². The van der Waals surface area contributed by atoms with Gasteiger partial charge in [0.25, 0.3) is 5.60 Å². The Labute approximate surface area is 199 Å². The van der Waals surface area contributed by atoms with Crippen LogP contribution in [0.15, 0.2) is 59.9 Å². The smallest absolute Gasteiger partial charge is 0.435 e. The molecule has 0 saturated heterocycles. The van der Waals surface area contributed by atoms with E-state index in [1.165, 1.54) is 25.3 Å². The number of esters is 1. The average Bonchev–Trinajstić information content (AvgIpc) is 3.44. The minimum Gasteiger partial charge on any atom is -0.465 e. The molecule has 0 N–H and O–H groups in total. The number of oxime groups is 1. The Bertz CT molecular complexity index is 1360. The van der Waals surface area contributed by atoms with E-state index in [4.69, 9.17) is 21.2 Å². The number of carbonyl (C=O) groups excluding carboxylic acids is 1. The molecule has 0 bridgehead atoms. The van der Waals surface area contributed by atoms with Gasteiger partial charge in [0, 0.05) is 28.9 Å². The Morgan fingerprint density at radius 1 is 1.14 bits per heavy atom. The second-order valence-electron chi connectivity index (χ2n) is 7.66. The van der Waals surface area contributed by atoms with Gasteiger partial charge in [-0.1, -0.05) is 16.8 Å². The standard InChI is InChI=1S/C23H15ClF6N2O3/c1-34-20(33)18-7-6-17(32-8-2-3-19(18)32)5-4-16-12-21(35-31-16,23(28,29)30)13-9-14(22(25,26)27)11-15(24)10-13/h2-11H,12H2,1H3/b5-4+. The number of rotatable bonds is 4. The summed E-state index contributed by atoms with van der Waals surface area (Å²) in [7, 11) is 1.23. The first-order chi connectivity index (χ1) is 16.4. The minimum atomic E-state index is -5.10. The normalized spacial score (nSPS) is 18.7. The van der Waals surface area contributed by atoms with E-state index in [2.05, 4.69) is 5.16 Å². The van der Waals surface area contributed by atoms with E-state index >= 15 is 0 Å². The van der Waals surface area contributed by atoms with Crippen molar-refractivity contribution in [2.24, 2.45) is 5.16 Å². The quantitative estimate of drug-likeness (QED) is 0.288. The van der Waals surface area contributed by atoms with Crippen LogP contribution in [-0.2, 0) is 21.4 Å². The first kappa shape index (κ1) is 24.6. The molecule has 3 heterocycles. The van der Waals surface area contributed by atoms with E-state index in [1.807, 2.05) is 0 Å². The Morgan fingerprint density at radius 2 is 1.89 bits per heavy atom. The number of hydrogen-bond donors (Lipinski definition) is 0. The maximum atomic E-state index is 14.1. The van der Waals surface area contributed by atoms with Gasteiger partial charge in [-0.3, -0.25) is 0 Å². The Balaban J connectivity index is 1.68. The Morgan fingerprint density at radius 3 is 2.54 bits per heavy atom.